The van der Waals surface area contributed by atoms with Crippen molar-refractivity contribution in [2.24, 2.45) is 0 Å². The molecular weight excluding hydrogens is 266 g/mol. The Morgan fingerprint density at radius 1 is 0.857 bits per heavy atom. The van der Waals surface area contributed by atoms with Crippen LogP contribution in [0.4, 0.5) is 16.2 Å². The van der Waals surface area contributed by atoms with Crippen LogP contribution in [0.15, 0.2) is 54.6 Å². The summed E-state index contributed by atoms with van der Waals surface area (Å²) in [7, 11) is 0. The smallest absolute Gasteiger partial charge is 0.319 e. The second-order valence-corrected chi connectivity index (χ2v) is 4.55. The molecule has 0 unspecified atom stereocenters. The summed E-state index contributed by atoms with van der Waals surface area (Å²) in [6, 6.07) is 16.3. The van der Waals surface area contributed by atoms with Gasteiger partial charge in [-0.15, -0.1) is 0 Å². The molecule has 0 fully saturated rings. The third kappa shape index (κ3) is 4.99. The van der Waals surface area contributed by atoms with E-state index in [2.05, 4.69) is 16.0 Å². The molecular formula is C16H17N3O2. The van der Waals surface area contributed by atoms with Crippen LogP contribution in [0.3, 0.4) is 0 Å². The van der Waals surface area contributed by atoms with Crippen LogP contribution in [-0.2, 0) is 11.3 Å². The van der Waals surface area contributed by atoms with Crippen molar-refractivity contribution in [3.05, 3.63) is 60.2 Å². The van der Waals surface area contributed by atoms with Crippen molar-refractivity contribution < 1.29 is 9.59 Å². The predicted octanol–water partition coefficient (Wildman–Crippen LogP) is 2.97. The Hall–Kier alpha value is -2.82. The van der Waals surface area contributed by atoms with Gasteiger partial charge in [-0.3, -0.25) is 4.79 Å². The van der Waals surface area contributed by atoms with E-state index in [0.29, 0.717) is 17.9 Å². The van der Waals surface area contributed by atoms with Gasteiger partial charge in [0.15, 0.2) is 0 Å². The summed E-state index contributed by atoms with van der Waals surface area (Å²) in [5, 5.41) is 8.17. The van der Waals surface area contributed by atoms with Crippen LogP contribution < -0.4 is 16.0 Å². The lowest BCUT2D eigenvalue weighted by Gasteiger charge is -2.08. The van der Waals surface area contributed by atoms with Gasteiger partial charge in [-0.25, -0.2) is 4.79 Å². The summed E-state index contributed by atoms with van der Waals surface area (Å²) in [5.74, 6) is -0.128. The maximum atomic E-state index is 11.8. The molecule has 0 saturated carbocycles. The highest BCUT2D eigenvalue weighted by atomic mass is 16.2. The summed E-state index contributed by atoms with van der Waals surface area (Å²) in [6.45, 7) is 1.92. The van der Waals surface area contributed by atoms with Crippen molar-refractivity contribution in [1.82, 2.24) is 5.32 Å². The molecule has 0 heterocycles. The predicted molar refractivity (Wildman–Crippen MR) is 83.0 cm³/mol. The Bertz CT molecular complexity index is 609. The summed E-state index contributed by atoms with van der Waals surface area (Å²) in [5.41, 5.74) is 2.39. The van der Waals surface area contributed by atoms with Crippen LogP contribution in [0.5, 0.6) is 0 Å². The Balaban J connectivity index is 1.83. The van der Waals surface area contributed by atoms with E-state index in [9.17, 15) is 9.59 Å². The summed E-state index contributed by atoms with van der Waals surface area (Å²) in [6.07, 6.45) is 0. The van der Waals surface area contributed by atoms with Crippen molar-refractivity contribution >= 4 is 23.3 Å². The normalized spacial score (nSPS) is 9.76. The van der Waals surface area contributed by atoms with Crippen molar-refractivity contribution in [3.63, 3.8) is 0 Å². The van der Waals surface area contributed by atoms with Gasteiger partial charge in [0.05, 0.1) is 0 Å². The molecule has 2 aromatic carbocycles. The molecule has 108 valence electrons. The Labute approximate surface area is 123 Å². The quantitative estimate of drug-likeness (QED) is 0.807. The molecule has 0 saturated heterocycles. The molecule has 0 aromatic heterocycles. The molecule has 5 heteroatoms. The first-order valence-electron chi connectivity index (χ1n) is 6.60. The van der Waals surface area contributed by atoms with Crippen LogP contribution in [0.2, 0.25) is 0 Å². The van der Waals surface area contributed by atoms with Crippen molar-refractivity contribution in [2.45, 2.75) is 13.5 Å². The molecule has 0 aliphatic carbocycles. The zero-order chi connectivity index (χ0) is 15.1. The van der Waals surface area contributed by atoms with Crippen LogP contribution in [0.25, 0.3) is 0 Å². The average Bonchev–Trinajstić information content (AvgIpc) is 2.48. The molecule has 0 radical (unpaired) electrons. The van der Waals surface area contributed by atoms with E-state index in [1.807, 2.05) is 30.3 Å². The topological polar surface area (TPSA) is 70.2 Å². The minimum Gasteiger partial charge on any atom is -0.334 e. The lowest BCUT2D eigenvalue weighted by atomic mass is 10.2. The number of urea groups is 1. The highest BCUT2D eigenvalue weighted by Gasteiger charge is 2.02. The molecule has 0 aliphatic rings. The van der Waals surface area contributed by atoms with Crippen LogP contribution in [0, 0.1) is 0 Å². The molecule has 2 aromatic rings. The number of amides is 3. The fraction of sp³-hybridized carbons (Fsp3) is 0.125. The van der Waals surface area contributed by atoms with Gasteiger partial charge < -0.3 is 16.0 Å². The van der Waals surface area contributed by atoms with E-state index in [-0.39, 0.29) is 11.9 Å². The summed E-state index contributed by atoms with van der Waals surface area (Å²) in [4.78, 5) is 22.7. The average molecular weight is 283 g/mol. The zero-order valence-corrected chi connectivity index (χ0v) is 11.7. The van der Waals surface area contributed by atoms with Gasteiger partial charge in [-0.1, -0.05) is 30.3 Å². The Kier molecular flexibility index (Phi) is 4.93. The maximum Gasteiger partial charge on any atom is 0.319 e. The first-order valence-corrected chi connectivity index (χ1v) is 6.60. The van der Waals surface area contributed by atoms with Gasteiger partial charge in [-0.2, -0.15) is 0 Å². The monoisotopic (exact) mass is 283 g/mol. The number of hydrogen-bond acceptors (Lipinski definition) is 2. The van der Waals surface area contributed by atoms with E-state index in [0.717, 1.165) is 5.56 Å². The fourth-order valence-electron chi connectivity index (χ4n) is 1.79. The van der Waals surface area contributed by atoms with Gasteiger partial charge in [0, 0.05) is 24.8 Å². The molecule has 3 N–H and O–H groups in total. The molecule has 5 nitrogen and oxygen atoms in total. The number of benzene rings is 2. The zero-order valence-electron chi connectivity index (χ0n) is 11.7. The summed E-state index contributed by atoms with van der Waals surface area (Å²) >= 11 is 0. The van der Waals surface area contributed by atoms with E-state index >= 15 is 0 Å². The van der Waals surface area contributed by atoms with Crippen molar-refractivity contribution in [1.29, 1.82) is 0 Å². The van der Waals surface area contributed by atoms with Gasteiger partial charge in [0.25, 0.3) is 0 Å². The number of carbonyl (C=O) groups excluding carboxylic acids is 2. The lowest BCUT2D eigenvalue weighted by Crippen LogP contribution is -2.28. The van der Waals surface area contributed by atoms with Crippen molar-refractivity contribution in [2.75, 3.05) is 10.6 Å². The number of nitrogens with one attached hydrogen (secondary N) is 3. The molecule has 21 heavy (non-hydrogen) atoms. The molecule has 0 spiro atoms. The standard InChI is InChI=1S/C16H17N3O2/c1-12(20)18-14-7-9-15(10-8-14)19-16(21)17-11-13-5-3-2-4-6-13/h2-10H,11H2,1H3,(H,18,20)(H2,17,19,21). The second-order valence-electron chi connectivity index (χ2n) is 4.55. The molecule has 0 bridgehead atoms. The Morgan fingerprint density at radius 2 is 1.43 bits per heavy atom. The number of anilines is 2. The van der Waals surface area contributed by atoms with Crippen LogP contribution in [-0.4, -0.2) is 11.9 Å². The number of rotatable bonds is 4. The molecule has 0 atom stereocenters. The van der Waals surface area contributed by atoms with E-state index in [1.165, 1.54) is 6.92 Å². The van der Waals surface area contributed by atoms with Crippen LogP contribution >= 0.6 is 0 Å². The van der Waals surface area contributed by atoms with E-state index < -0.39 is 0 Å². The summed E-state index contributed by atoms with van der Waals surface area (Å²) < 4.78 is 0. The third-order valence-electron chi connectivity index (χ3n) is 2.76. The SMILES string of the molecule is CC(=O)Nc1ccc(NC(=O)NCc2ccccc2)cc1. The maximum absolute atomic E-state index is 11.8. The highest BCUT2D eigenvalue weighted by Crippen LogP contribution is 2.13. The largest absolute Gasteiger partial charge is 0.334 e. The first kappa shape index (κ1) is 14.6. The highest BCUT2D eigenvalue weighted by molar-refractivity contribution is 5.91. The second kappa shape index (κ2) is 7.09. The minimum atomic E-state index is -0.272. The fourth-order valence-corrected chi connectivity index (χ4v) is 1.79. The number of carbonyl (C=O) groups is 2. The lowest BCUT2D eigenvalue weighted by molar-refractivity contribution is -0.114. The van der Waals surface area contributed by atoms with E-state index in [4.69, 9.17) is 0 Å². The third-order valence-corrected chi connectivity index (χ3v) is 2.76. The van der Waals surface area contributed by atoms with Gasteiger partial charge in [-0.05, 0) is 29.8 Å². The molecule has 3 amide bonds. The van der Waals surface area contributed by atoms with Crippen LogP contribution in [0.1, 0.15) is 12.5 Å². The Morgan fingerprint density at radius 3 is 2.00 bits per heavy atom. The first-order chi connectivity index (χ1) is 10.1. The number of hydrogen-bond donors (Lipinski definition) is 3. The molecule has 2 rings (SSSR count). The van der Waals surface area contributed by atoms with Crippen molar-refractivity contribution in [3.8, 4) is 0 Å². The van der Waals surface area contributed by atoms with Gasteiger partial charge in [0.1, 0.15) is 0 Å². The van der Waals surface area contributed by atoms with Gasteiger partial charge in [0.2, 0.25) is 5.91 Å². The minimum absolute atomic E-state index is 0.128. The van der Waals surface area contributed by atoms with Gasteiger partial charge >= 0.3 is 6.03 Å². The van der Waals surface area contributed by atoms with E-state index in [1.54, 1.807) is 24.3 Å². The molecule has 0 aliphatic heterocycles.